The molecule has 0 atom stereocenters. The first-order valence-corrected chi connectivity index (χ1v) is 5.87. The molecule has 2 nitrogen and oxygen atoms in total. The summed E-state index contributed by atoms with van der Waals surface area (Å²) in [6, 6.07) is 17.2. The second-order valence-corrected chi connectivity index (χ2v) is 4.35. The van der Waals surface area contributed by atoms with Crippen molar-refractivity contribution in [2.45, 2.75) is 0 Å². The van der Waals surface area contributed by atoms with Gasteiger partial charge in [0.1, 0.15) is 0 Å². The third-order valence-electron chi connectivity index (χ3n) is 3.41. The van der Waals surface area contributed by atoms with Crippen LogP contribution < -0.4 is 10.0 Å². The normalized spacial score (nSPS) is 15.5. The number of rotatable bonds is 0. The molecule has 0 radical (unpaired) electrons. The topological polar surface area (TPSA) is 6.48 Å². The second kappa shape index (κ2) is 3.14. The smallest absolute Gasteiger partial charge is 0.0704 e. The van der Waals surface area contributed by atoms with Crippen molar-refractivity contribution in [3.63, 3.8) is 0 Å². The van der Waals surface area contributed by atoms with E-state index < -0.39 is 0 Å². The van der Waals surface area contributed by atoms with Crippen molar-refractivity contribution in [2.24, 2.45) is 0 Å². The van der Waals surface area contributed by atoms with E-state index in [0.29, 0.717) is 0 Å². The minimum atomic E-state index is 0.950. The van der Waals surface area contributed by atoms with E-state index in [1.807, 2.05) is 0 Å². The van der Waals surface area contributed by atoms with Gasteiger partial charge >= 0.3 is 0 Å². The van der Waals surface area contributed by atoms with Crippen LogP contribution in [0.5, 0.6) is 0 Å². The minimum absolute atomic E-state index is 0.950. The predicted octanol–water partition coefficient (Wildman–Crippen LogP) is 3.42. The predicted molar refractivity (Wildman–Crippen MR) is 70.8 cm³/mol. The third kappa shape index (κ3) is 1.10. The van der Waals surface area contributed by atoms with Crippen LogP contribution in [-0.4, -0.2) is 6.54 Å². The Morgan fingerprint density at radius 2 is 1.41 bits per heavy atom. The van der Waals surface area contributed by atoms with Crippen molar-refractivity contribution in [3.8, 4) is 11.1 Å². The Labute approximate surface area is 100 Å². The van der Waals surface area contributed by atoms with Gasteiger partial charge in [0.25, 0.3) is 0 Å². The van der Waals surface area contributed by atoms with Gasteiger partial charge in [0, 0.05) is 17.3 Å². The van der Waals surface area contributed by atoms with E-state index in [0.717, 1.165) is 6.54 Å². The zero-order valence-corrected chi connectivity index (χ0v) is 9.38. The Morgan fingerprint density at radius 1 is 0.765 bits per heavy atom. The quantitative estimate of drug-likeness (QED) is 0.671. The first kappa shape index (κ1) is 8.88. The van der Waals surface area contributed by atoms with Gasteiger partial charge in [-0.3, -0.25) is 10.0 Å². The van der Waals surface area contributed by atoms with Gasteiger partial charge in [-0.25, -0.2) is 0 Å². The second-order valence-electron chi connectivity index (χ2n) is 4.35. The molecule has 0 saturated heterocycles. The van der Waals surface area contributed by atoms with Crippen LogP contribution in [0.1, 0.15) is 0 Å². The Morgan fingerprint density at radius 3 is 2.24 bits per heavy atom. The molecule has 0 bridgehead atoms. The number of hydrogen-bond donors (Lipinski definition) is 0. The number of hydrazine groups is 1. The first-order valence-electron chi connectivity index (χ1n) is 5.87. The molecule has 0 N–H and O–H groups in total. The number of para-hydroxylation sites is 2. The van der Waals surface area contributed by atoms with Crippen molar-refractivity contribution in [1.82, 2.24) is 0 Å². The van der Waals surface area contributed by atoms with Crippen LogP contribution >= 0.6 is 0 Å². The standard InChI is InChI=1S/C15H12N2/c1-3-8-14-12(6-1)13-7-2-4-9-15(13)17-11-5-10-16(14)17/h1-10H,11H2. The summed E-state index contributed by atoms with van der Waals surface area (Å²) in [6.45, 7) is 0.950. The summed E-state index contributed by atoms with van der Waals surface area (Å²) in [4.78, 5) is 0. The van der Waals surface area contributed by atoms with Gasteiger partial charge in [-0.1, -0.05) is 36.4 Å². The van der Waals surface area contributed by atoms with E-state index in [9.17, 15) is 0 Å². The maximum absolute atomic E-state index is 2.30. The molecular formula is C15H12N2. The molecule has 0 unspecified atom stereocenters. The lowest BCUT2D eigenvalue weighted by molar-refractivity contribution is 0.914. The number of anilines is 2. The van der Waals surface area contributed by atoms with Crippen LogP contribution in [0.2, 0.25) is 0 Å². The van der Waals surface area contributed by atoms with Gasteiger partial charge in [0.15, 0.2) is 0 Å². The molecule has 0 saturated carbocycles. The average molecular weight is 220 g/mol. The van der Waals surface area contributed by atoms with Crippen LogP contribution in [0.3, 0.4) is 0 Å². The number of nitrogens with zero attached hydrogens (tertiary/aromatic N) is 2. The average Bonchev–Trinajstić information content (AvgIpc) is 2.89. The van der Waals surface area contributed by atoms with E-state index in [-0.39, 0.29) is 0 Å². The summed E-state index contributed by atoms with van der Waals surface area (Å²) < 4.78 is 0. The molecule has 0 aromatic heterocycles. The van der Waals surface area contributed by atoms with Gasteiger partial charge in [0.2, 0.25) is 0 Å². The maximum atomic E-state index is 2.30. The van der Waals surface area contributed by atoms with Crippen LogP contribution in [0, 0.1) is 0 Å². The molecule has 0 amide bonds. The lowest BCUT2D eigenvalue weighted by Gasteiger charge is -2.38. The van der Waals surface area contributed by atoms with Gasteiger partial charge in [0.05, 0.1) is 17.9 Å². The zero-order valence-electron chi connectivity index (χ0n) is 9.38. The van der Waals surface area contributed by atoms with Crippen molar-refractivity contribution < 1.29 is 0 Å². The van der Waals surface area contributed by atoms with E-state index in [1.165, 1.54) is 22.5 Å². The molecule has 2 aliphatic rings. The molecule has 0 aliphatic carbocycles. The van der Waals surface area contributed by atoms with Gasteiger partial charge in [-0.15, -0.1) is 0 Å². The molecule has 2 aliphatic heterocycles. The molecule has 2 aromatic rings. The fraction of sp³-hybridized carbons (Fsp3) is 0.0667. The molecule has 4 rings (SSSR count). The lowest BCUT2D eigenvalue weighted by atomic mass is 9.99. The summed E-state index contributed by atoms with van der Waals surface area (Å²) in [6.07, 6.45) is 4.34. The zero-order chi connectivity index (χ0) is 11.2. The van der Waals surface area contributed by atoms with Crippen LogP contribution in [0.15, 0.2) is 60.8 Å². The SMILES string of the molecule is C1=CN2c3ccccc3-c3ccccc3N2C1. The fourth-order valence-corrected chi connectivity index (χ4v) is 2.67. The van der Waals surface area contributed by atoms with E-state index >= 15 is 0 Å². The summed E-state index contributed by atoms with van der Waals surface area (Å²) in [7, 11) is 0. The summed E-state index contributed by atoms with van der Waals surface area (Å²) in [5.74, 6) is 0. The Balaban J connectivity index is 2.06. The molecule has 2 heteroatoms. The van der Waals surface area contributed by atoms with Crippen molar-refractivity contribution in [3.05, 3.63) is 60.8 Å². The molecule has 2 heterocycles. The number of benzene rings is 2. The molecular weight excluding hydrogens is 208 g/mol. The highest BCUT2D eigenvalue weighted by Gasteiger charge is 2.28. The van der Waals surface area contributed by atoms with Gasteiger partial charge in [-0.2, -0.15) is 0 Å². The van der Waals surface area contributed by atoms with E-state index in [4.69, 9.17) is 0 Å². The maximum Gasteiger partial charge on any atom is 0.0704 e. The highest BCUT2D eigenvalue weighted by molar-refractivity contribution is 5.93. The van der Waals surface area contributed by atoms with Gasteiger partial charge < -0.3 is 0 Å². The van der Waals surface area contributed by atoms with Crippen LogP contribution in [-0.2, 0) is 0 Å². The van der Waals surface area contributed by atoms with Crippen LogP contribution in [0.4, 0.5) is 11.4 Å². The Hall–Kier alpha value is -2.22. The number of hydrogen-bond acceptors (Lipinski definition) is 2. The van der Waals surface area contributed by atoms with E-state index in [1.54, 1.807) is 0 Å². The molecule has 0 fully saturated rings. The molecule has 0 spiro atoms. The Bertz CT molecular complexity index is 616. The van der Waals surface area contributed by atoms with Crippen molar-refractivity contribution in [2.75, 3.05) is 16.6 Å². The summed E-state index contributed by atoms with van der Waals surface area (Å²) in [5, 5.41) is 4.54. The molecule has 2 aromatic carbocycles. The van der Waals surface area contributed by atoms with Gasteiger partial charge in [-0.05, 0) is 18.2 Å². The first-order chi connectivity index (χ1) is 8.45. The van der Waals surface area contributed by atoms with E-state index in [2.05, 4.69) is 70.8 Å². The summed E-state index contributed by atoms with van der Waals surface area (Å²) in [5.41, 5.74) is 5.19. The largest absolute Gasteiger partial charge is 0.277 e. The monoisotopic (exact) mass is 220 g/mol. The van der Waals surface area contributed by atoms with Crippen molar-refractivity contribution >= 4 is 11.4 Å². The third-order valence-corrected chi connectivity index (χ3v) is 3.41. The molecule has 82 valence electrons. The Kier molecular flexibility index (Phi) is 1.64. The molecule has 17 heavy (non-hydrogen) atoms. The number of fused-ring (bicyclic) bond motifs is 6. The highest BCUT2D eigenvalue weighted by Crippen LogP contribution is 2.44. The minimum Gasteiger partial charge on any atom is -0.277 e. The highest BCUT2D eigenvalue weighted by atomic mass is 15.6. The fourth-order valence-electron chi connectivity index (χ4n) is 2.67. The lowest BCUT2D eigenvalue weighted by Crippen LogP contribution is -2.38. The van der Waals surface area contributed by atoms with Crippen LogP contribution in [0.25, 0.3) is 11.1 Å². The van der Waals surface area contributed by atoms with Crippen molar-refractivity contribution in [1.29, 1.82) is 0 Å². The summed E-state index contributed by atoms with van der Waals surface area (Å²) >= 11 is 0.